The molecule has 90 valence electrons. The van der Waals surface area contributed by atoms with Gasteiger partial charge >= 0.3 is 0 Å². The van der Waals surface area contributed by atoms with E-state index in [4.69, 9.17) is 4.74 Å². The van der Waals surface area contributed by atoms with Crippen LogP contribution in [0.4, 0.5) is 4.39 Å². The van der Waals surface area contributed by atoms with Crippen molar-refractivity contribution in [2.75, 3.05) is 14.2 Å². The molecule has 2 nitrogen and oxygen atoms in total. The zero-order valence-electron chi connectivity index (χ0n) is 10.4. The number of rotatable bonds is 5. The molecule has 3 heteroatoms. The fourth-order valence-corrected chi connectivity index (χ4v) is 1.73. The van der Waals surface area contributed by atoms with Crippen LogP contribution < -0.4 is 5.32 Å². The number of hydrogen-bond donors (Lipinski definition) is 1. The average molecular weight is 225 g/mol. The van der Waals surface area contributed by atoms with Crippen molar-refractivity contribution in [3.8, 4) is 0 Å². The van der Waals surface area contributed by atoms with Crippen molar-refractivity contribution in [3.63, 3.8) is 0 Å². The Hall–Kier alpha value is -0.930. The van der Waals surface area contributed by atoms with Gasteiger partial charge in [-0.25, -0.2) is 4.39 Å². The Morgan fingerprint density at radius 1 is 1.44 bits per heavy atom. The zero-order valence-corrected chi connectivity index (χ0v) is 10.4. The van der Waals surface area contributed by atoms with Gasteiger partial charge in [0.05, 0.1) is 6.10 Å². The zero-order chi connectivity index (χ0) is 12.1. The molecule has 0 aliphatic heterocycles. The van der Waals surface area contributed by atoms with Crippen molar-refractivity contribution in [3.05, 3.63) is 35.1 Å². The topological polar surface area (TPSA) is 21.3 Å². The van der Waals surface area contributed by atoms with Gasteiger partial charge in [-0.05, 0) is 44.5 Å². The van der Waals surface area contributed by atoms with E-state index in [1.165, 1.54) is 6.07 Å². The van der Waals surface area contributed by atoms with Crippen LogP contribution in [0, 0.1) is 12.7 Å². The van der Waals surface area contributed by atoms with E-state index < -0.39 is 0 Å². The molecule has 0 saturated heterocycles. The van der Waals surface area contributed by atoms with Crippen LogP contribution >= 0.6 is 0 Å². The van der Waals surface area contributed by atoms with Gasteiger partial charge in [0.1, 0.15) is 5.82 Å². The van der Waals surface area contributed by atoms with E-state index in [-0.39, 0.29) is 18.0 Å². The second kappa shape index (κ2) is 5.97. The van der Waals surface area contributed by atoms with Crippen LogP contribution in [-0.4, -0.2) is 20.3 Å². The van der Waals surface area contributed by atoms with Crippen LogP contribution in [0.15, 0.2) is 18.2 Å². The van der Waals surface area contributed by atoms with E-state index in [9.17, 15) is 4.39 Å². The minimum absolute atomic E-state index is 0.154. The molecule has 0 aliphatic rings. The van der Waals surface area contributed by atoms with Crippen LogP contribution in [0.2, 0.25) is 0 Å². The first-order valence-electron chi connectivity index (χ1n) is 5.54. The third-order valence-corrected chi connectivity index (χ3v) is 2.90. The maximum absolute atomic E-state index is 13.1. The minimum atomic E-state index is -0.154. The number of methoxy groups -OCH3 is 1. The van der Waals surface area contributed by atoms with Crippen molar-refractivity contribution >= 4 is 0 Å². The van der Waals surface area contributed by atoms with Gasteiger partial charge < -0.3 is 10.1 Å². The van der Waals surface area contributed by atoms with Gasteiger partial charge in [0.2, 0.25) is 0 Å². The van der Waals surface area contributed by atoms with E-state index in [1.54, 1.807) is 14.0 Å². The molecule has 0 heterocycles. The number of ether oxygens (including phenoxy) is 1. The largest absolute Gasteiger partial charge is 0.382 e. The molecule has 0 spiro atoms. The van der Waals surface area contributed by atoms with Crippen molar-refractivity contribution < 1.29 is 9.13 Å². The summed E-state index contributed by atoms with van der Waals surface area (Å²) in [6.45, 7) is 3.81. The summed E-state index contributed by atoms with van der Waals surface area (Å²) in [4.78, 5) is 0. The Morgan fingerprint density at radius 2 is 2.12 bits per heavy atom. The molecule has 16 heavy (non-hydrogen) atoms. The molecule has 2 atom stereocenters. The summed E-state index contributed by atoms with van der Waals surface area (Å²) in [5.41, 5.74) is 1.79. The summed E-state index contributed by atoms with van der Waals surface area (Å²) in [5.74, 6) is -0.154. The van der Waals surface area contributed by atoms with Crippen molar-refractivity contribution in [1.82, 2.24) is 5.32 Å². The molecule has 0 aliphatic carbocycles. The number of benzene rings is 1. The van der Waals surface area contributed by atoms with Crippen LogP contribution in [0.5, 0.6) is 0 Å². The molecule has 0 bridgehead atoms. The monoisotopic (exact) mass is 225 g/mol. The number of aryl methyl sites for hydroxylation is 1. The Kier molecular flexibility index (Phi) is 4.90. The molecular formula is C13H20FNO. The first-order chi connectivity index (χ1) is 7.58. The fourth-order valence-electron chi connectivity index (χ4n) is 1.73. The number of halogens is 1. The van der Waals surface area contributed by atoms with Crippen molar-refractivity contribution in [2.45, 2.75) is 32.4 Å². The predicted octanol–water partition coefficient (Wildman–Crippen LogP) is 2.82. The Bertz CT molecular complexity index is 341. The molecule has 0 saturated carbocycles. The van der Waals surface area contributed by atoms with Gasteiger partial charge in [-0.2, -0.15) is 0 Å². The molecule has 0 fully saturated rings. The van der Waals surface area contributed by atoms with Gasteiger partial charge in [-0.3, -0.25) is 0 Å². The maximum atomic E-state index is 13.1. The van der Waals surface area contributed by atoms with E-state index in [1.807, 2.05) is 26.1 Å². The predicted molar refractivity (Wildman–Crippen MR) is 64.0 cm³/mol. The summed E-state index contributed by atoms with van der Waals surface area (Å²) >= 11 is 0. The Balaban J connectivity index is 2.82. The highest BCUT2D eigenvalue weighted by Crippen LogP contribution is 2.21. The minimum Gasteiger partial charge on any atom is -0.382 e. The molecule has 1 aromatic rings. The Morgan fingerprint density at radius 3 is 2.62 bits per heavy atom. The molecule has 1 rings (SSSR count). The molecule has 1 aromatic carbocycles. The summed E-state index contributed by atoms with van der Waals surface area (Å²) < 4.78 is 18.4. The van der Waals surface area contributed by atoms with E-state index in [0.717, 1.165) is 12.0 Å². The summed E-state index contributed by atoms with van der Waals surface area (Å²) in [7, 11) is 3.61. The van der Waals surface area contributed by atoms with E-state index >= 15 is 0 Å². The Labute approximate surface area is 96.8 Å². The van der Waals surface area contributed by atoms with E-state index in [0.29, 0.717) is 5.56 Å². The van der Waals surface area contributed by atoms with Crippen LogP contribution in [0.1, 0.15) is 30.5 Å². The van der Waals surface area contributed by atoms with E-state index in [2.05, 4.69) is 5.32 Å². The second-order valence-corrected chi connectivity index (χ2v) is 4.13. The van der Waals surface area contributed by atoms with Crippen LogP contribution in [0.25, 0.3) is 0 Å². The van der Waals surface area contributed by atoms with Crippen molar-refractivity contribution in [1.29, 1.82) is 0 Å². The molecule has 0 aromatic heterocycles. The van der Waals surface area contributed by atoms with Gasteiger partial charge in [0, 0.05) is 13.2 Å². The first-order valence-corrected chi connectivity index (χ1v) is 5.54. The standard InChI is InChI=1S/C13H20FNO/c1-9-7-11(5-6-12(9)14)13(15-3)8-10(2)16-4/h5-7,10,13,15H,8H2,1-4H3. The summed E-state index contributed by atoms with van der Waals surface area (Å²) in [6, 6.07) is 5.44. The number of hydrogen-bond acceptors (Lipinski definition) is 2. The average Bonchev–Trinajstić information content (AvgIpc) is 2.29. The summed E-state index contributed by atoms with van der Waals surface area (Å²) in [6.07, 6.45) is 1.06. The van der Waals surface area contributed by atoms with Crippen LogP contribution in [-0.2, 0) is 4.74 Å². The lowest BCUT2D eigenvalue weighted by atomic mass is 9.99. The second-order valence-electron chi connectivity index (χ2n) is 4.13. The third-order valence-electron chi connectivity index (χ3n) is 2.90. The van der Waals surface area contributed by atoms with Crippen molar-refractivity contribution in [2.24, 2.45) is 0 Å². The maximum Gasteiger partial charge on any atom is 0.126 e. The SMILES string of the molecule is CNC(CC(C)OC)c1ccc(F)c(C)c1. The van der Waals surface area contributed by atoms with Gasteiger partial charge in [-0.15, -0.1) is 0 Å². The van der Waals surface area contributed by atoms with Gasteiger partial charge in [-0.1, -0.05) is 12.1 Å². The van der Waals surface area contributed by atoms with Gasteiger partial charge in [0.25, 0.3) is 0 Å². The lowest BCUT2D eigenvalue weighted by molar-refractivity contribution is 0.101. The lowest BCUT2D eigenvalue weighted by Gasteiger charge is -2.20. The van der Waals surface area contributed by atoms with Gasteiger partial charge in [0.15, 0.2) is 0 Å². The lowest BCUT2D eigenvalue weighted by Crippen LogP contribution is -2.22. The quantitative estimate of drug-likeness (QED) is 0.832. The van der Waals surface area contributed by atoms with Crippen LogP contribution in [0.3, 0.4) is 0 Å². The summed E-state index contributed by atoms with van der Waals surface area (Å²) in [5, 5.41) is 3.23. The molecule has 1 N–H and O–H groups in total. The smallest absolute Gasteiger partial charge is 0.126 e. The highest BCUT2D eigenvalue weighted by Gasteiger charge is 2.14. The molecular weight excluding hydrogens is 205 g/mol. The molecule has 2 unspecified atom stereocenters. The molecule has 0 radical (unpaired) electrons. The first kappa shape index (κ1) is 13.1. The number of nitrogens with one attached hydrogen (secondary N) is 1. The highest BCUT2D eigenvalue weighted by molar-refractivity contribution is 5.26. The fraction of sp³-hybridized carbons (Fsp3) is 0.538. The highest BCUT2D eigenvalue weighted by atomic mass is 19.1. The third kappa shape index (κ3) is 3.29. The normalized spacial score (nSPS) is 14.8. The molecule has 0 amide bonds.